The van der Waals surface area contributed by atoms with Crippen LogP contribution in [0.5, 0.6) is 11.5 Å². The molecule has 8 nitrogen and oxygen atoms in total. The van der Waals surface area contributed by atoms with Crippen LogP contribution in [0.3, 0.4) is 0 Å². The molecule has 7 rings (SSSR count). The van der Waals surface area contributed by atoms with Crippen LogP contribution in [0.1, 0.15) is 42.9 Å². The first kappa shape index (κ1) is 20.6. The van der Waals surface area contributed by atoms with Crippen LogP contribution in [0.25, 0.3) is 0 Å². The molecule has 5 aliphatic rings. The third-order valence-electron chi connectivity index (χ3n) is 8.84. The molecule has 34 heavy (non-hydrogen) atoms. The molecule has 2 aliphatic carbocycles. The third-order valence-corrected chi connectivity index (χ3v) is 8.84. The van der Waals surface area contributed by atoms with Gasteiger partial charge in [0, 0.05) is 23.2 Å². The highest BCUT2D eigenvalue weighted by molar-refractivity contribution is 6.09. The molecular weight excluding hydrogens is 432 g/mol. The zero-order chi connectivity index (χ0) is 23.0. The molecule has 2 saturated carbocycles. The predicted molar refractivity (Wildman–Crippen MR) is 127 cm³/mol. The number of benzene rings is 2. The molecular formula is C26H30N4O4. The molecule has 0 aromatic heterocycles. The van der Waals surface area contributed by atoms with E-state index in [-0.39, 0.29) is 17.5 Å². The van der Waals surface area contributed by atoms with Gasteiger partial charge in [-0.25, -0.2) is 5.43 Å². The smallest absolute Gasteiger partial charge is 0.235 e. The number of hydrazine groups is 1. The monoisotopic (exact) mass is 462 g/mol. The second kappa shape index (κ2) is 7.34. The lowest BCUT2D eigenvalue weighted by Crippen LogP contribution is -2.39. The fourth-order valence-electron chi connectivity index (χ4n) is 7.03. The molecule has 178 valence electrons. The SMILES string of the molecule is COc1ccc2c(c1)[C@]1(C[C@H]1C1CCC3C(C1)NNC3Nc1cccc3c1OC[C@H]3O)C(=O)N2. The van der Waals surface area contributed by atoms with E-state index in [0.717, 1.165) is 59.7 Å². The van der Waals surface area contributed by atoms with Crippen molar-refractivity contribution in [1.29, 1.82) is 0 Å². The molecule has 0 bridgehead atoms. The second-order valence-corrected chi connectivity index (χ2v) is 10.5. The molecule has 2 aromatic rings. The summed E-state index contributed by atoms with van der Waals surface area (Å²) >= 11 is 0. The maximum atomic E-state index is 13.0. The van der Waals surface area contributed by atoms with Crippen LogP contribution in [0.4, 0.5) is 11.4 Å². The molecule has 3 aliphatic heterocycles. The quantitative estimate of drug-likeness (QED) is 0.476. The summed E-state index contributed by atoms with van der Waals surface area (Å²) in [5.74, 6) is 3.05. The standard InChI is InChI=1S/C26H30N4O4/c1-33-14-6-8-19-17(10-14)26(25(32)28-19)11-18(26)13-5-7-15-21(9-13)29-30-24(15)27-20-4-2-3-16-22(31)12-34-23(16)20/h2-4,6,8,10,13,15,18,21-22,24,27,29-31H,5,7,9,11-12H2,1H3,(H,28,32)/t13?,15?,18-,21?,22+,24?,26-/m0/s1. The lowest BCUT2D eigenvalue weighted by atomic mass is 9.74. The van der Waals surface area contributed by atoms with Crippen molar-refractivity contribution in [3.05, 3.63) is 47.5 Å². The van der Waals surface area contributed by atoms with E-state index in [4.69, 9.17) is 9.47 Å². The minimum atomic E-state index is -0.557. The van der Waals surface area contributed by atoms with Crippen LogP contribution in [-0.4, -0.2) is 36.9 Å². The molecule has 3 heterocycles. The Labute approximate surface area is 198 Å². The van der Waals surface area contributed by atoms with Crippen molar-refractivity contribution in [2.75, 3.05) is 24.4 Å². The Morgan fingerprint density at radius 2 is 2.12 bits per heavy atom. The van der Waals surface area contributed by atoms with Gasteiger partial charge in [0.2, 0.25) is 5.91 Å². The van der Waals surface area contributed by atoms with Gasteiger partial charge in [-0.2, -0.15) is 0 Å². The number of amides is 1. The van der Waals surface area contributed by atoms with Crippen molar-refractivity contribution in [2.24, 2.45) is 17.8 Å². The number of hydrogen-bond acceptors (Lipinski definition) is 7. The number of rotatable bonds is 4. The van der Waals surface area contributed by atoms with Gasteiger partial charge in [-0.15, -0.1) is 0 Å². The fraction of sp³-hybridized carbons (Fsp3) is 0.500. The Hall–Kier alpha value is -2.81. The summed E-state index contributed by atoms with van der Waals surface area (Å²) < 4.78 is 11.2. The fourth-order valence-corrected chi connectivity index (χ4v) is 7.03. The van der Waals surface area contributed by atoms with Crippen LogP contribution in [0.15, 0.2) is 36.4 Å². The number of methoxy groups -OCH3 is 1. The average molecular weight is 463 g/mol. The molecule has 4 unspecified atom stereocenters. The van der Waals surface area contributed by atoms with E-state index in [2.05, 4.69) is 21.5 Å². The van der Waals surface area contributed by atoms with Gasteiger partial charge in [-0.1, -0.05) is 12.1 Å². The van der Waals surface area contributed by atoms with E-state index in [1.807, 2.05) is 36.4 Å². The number of carbonyl (C=O) groups excluding carboxylic acids is 1. The Morgan fingerprint density at radius 1 is 1.21 bits per heavy atom. The van der Waals surface area contributed by atoms with Gasteiger partial charge in [0.1, 0.15) is 24.2 Å². The zero-order valence-corrected chi connectivity index (χ0v) is 19.1. The molecule has 1 saturated heterocycles. The number of nitrogens with one attached hydrogen (secondary N) is 4. The van der Waals surface area contributed by atoms with Crippen molar-refractivity contribution in [3.8, 4) is 11.5 Å². The largest absolute Gasteiger partial charge is 0.497 e. The lowest BCUT2D eigenvalue weighted by molar-refractivity contribution is -0.118. The van der Waals surface area contributed by atoms with Crippen molar-refractivity contribution >= 4 is 17.3 Å². The summed E-state index contributed by atoms with van der Waals surface area (Å²) in [4.78, 5) is 13.0. The minimum Gasteiger partial charge on any atom is -0.497 e. The molecule has 2 aromatic carbocycles. The molecule has 7 atom stereocenters. The number of aliphatic hydroxyl groups is 1. The highest BCUT2D eigenvalue weighted by atomic mass is 16.5. The molecule has 0 radical (unpaired) electrons. The highest BCUT2D eigenvalue weighted by Gasteiger charge is 2.67. The van der Waals surface area contributed by atoms with Gasteiger partial charge in [-0.3, -0.25) is 10.2 Å². The topological polar surface area (TPSA) is 104 Å². The number of hydrogen-bond donors (Lipinski definition) is 5. The Kier molecular flexibility index (Phi) is 4.44. The van der Waals surface area contributed by atoms with Crippen LogP contribution in [0.2, 0.25) is 0 Å². The van der Waals surface area contributed by atoms with Crippen molar-refractivity contribution in [3.63, 3.8) is 0 Å². The van der Waals surface area contributed by atoms with E-state index in [9.17, 15) is 9.90 Å². The van der Waals surface area contributed by atoms with E-state index < -0.39 is 6.10 Å². The Morgan fingerprint density at radius 3 is 3.00 bits per heavy atom. The molecule has 8 heteroatoms. The second-order valence-electron chi connectivity index (χ2n) is 10.5. The number of para-hydroxylation sites is 1. The van der Waals surface area contributed by atoms with Crippen LogP contribution in [-0.2, 0) is 10.2 Å². The minimum absolute atomic E-state index is 0.0896. The lowest BCUT2D eigenvalue weighted by Gasteiger charge is -2.34. The average Bonchev–Trinajstić information content (AvgIpc) is 3.18. The van der Waals surface area contributed by atoms with E-state index in [1.54, 1.807) is 7.11 Å². The van der Waals surface area contributed by atoms with Crippen molar-refractivity contribution < 1.29 is 19.4 Å². The number of carbonyl (C=O) groups is 1. The maximum Gasteiger partial charge on any atom is 0.235 e. The third kappa shape index (κ3) is 2.85. The number of anilines is 2. The van der Waals surface area contributed by atoms with Crippen molar-refractivity contribution in [2.45, 2.75) is 49.4 Å². The van der Waals surface area contributed by atoms with Gasteiger partial charge in [-0.05, 0) is 67.3 Å². The highest BCUT2D eigenvalue weighted by Crippen LogP contribution is 2.65. The van der Waals surface area contributed by atoms with Gasteiger partial charge in [0.25, 0.3) is 0 Å². The Bertz CT molecular complexity index is 1170. The zero-order valence-electron chi connectivity index (χ0n) is 19.1. The first-order valence-corrected chi connectivity index (χ1v) is 12.3. The number of ether oxygens (including phenoxy) is 2. The summed E-state index contributed by atoms with van der Waals surface area (Å²) in [5, 5.41) is 16.8. The molecule has 1 spiro atoms. The summed E-state index contributed by atoms with van der Waals surface area (Å²) in [6.07, 6.45) is 3.71. The summed E-state index contributed by atoms with van der Waals surface area (Å²) in [7, 11) is 1.67. The molecule has 1 amide bonds. The predicted octanol–water partition coefficient (Wildman–Crippen LogP) is 2.66. The van der Waals surface area contributed by atoms with Crippen LogP contribution >= 0.6 is 0 Å². The van der Waals surface area contributed by atoms with Gasteiger partial charge in [0.05, 0.1) is 24.4 Å². The van der Waals surface area contributed by atoms with Gasteiger partial charge in [0.15, 0.2) is 0 Å². The summed E-state index contributed by atoms with van der Waals surface area (Å²) in [6, 6.07) is 12.2. The molecule has 3 fully saturated rings. The number of fused-ring (bicyclic) bond motifs is 4. The van der Waals surface area contributed by atoms with E-state index in [1.165, 1.54) is 0 Å². The van der Waals surface area contributed by atoms with E-state index in [0.29, 0.717) is 30.4 Å². The van der Waals surface area contributed by atoms with Crippen LogP contribution in [0, 0.1) is 17.8 Å². The normalized spacial score (nSPS) is 36.9. The van der Waals surface area contributed by atoms with Crippen molar-refractivity contribution in [1.82, 2.24) is 10.9 Å². The van der Waals surface area contributed by atoms with E-state index >= 15 is 0 Å². The van der Waals surface area contributed by atoms with Crippen LogP contribution < -0.4 is 31.0 Å². The number of aliphatic hydroxyl groups excluding tert-OH is 1. The maximum absolute atomic E-state index is 13.0. The summed E-state index contributed by atoms with van der Waals surface area (Å²) in [6.45, 7) is 0.309. The Balaban J connectivity index is 1.06. The first-order chi connectivity index (χ1) is 16.6. The van der Waals surface area contributed by atoms with Gasteiger partial charge >= 0.3 is 0 Å². The van der Waals surface area contributed by atoms with Gasteiger partial charge < -0.3 is 25.2 Å². The summed E-state index contributed by atoms with van der Waals surface area (Å²) in [5.41, 5.74) is 10.4. The first-order valence-electron chi connectivity index (χ1n) is 12.3. The molecule has 5 N–H and O–H groups in total.